The summed E-state index contributed by atoms with van der Waals surface area (Å²) in [6.45, 7) is 5.43. The molecule has 1 aromatic carbocycles. The van der Waals surface area contributed by atoms with E-state index < -0.39 is 8.80 Å². The number of halogens is 1. The van der Waals surface area contributed by atoms with Crippen molar-refractivity contribution >= 4 is 25.6 Å². The molecule has 0 saturated heterocycles. The number of hydrogen-bond acceptors (Lipinski definition) is 3. The average molecular weight is 275 g/mol. The Balaban J connectivity index is 2.95. The van der Waals surface area contributed by atoms with Gasteiger partial charge in [-0.2, -0.15) is 0 Å². The van der Waals surface area contributed by atoms with Crippen LogP contribution in [0.4, 0.5) is 0 Å². The summed E-state index contributed by atoms with van der Waals surface area (Å²) in [5.41, 5.74) is 0. The third kappa shape index (κ3) is 4.08. The molecule has 1 rings (SSSR count). The Morgan fingerprint density at radius 3 is 2.06 bits per heavy atom. The van der Waals surface area contributed by atoms with E-state index in [0.717, 1.165) is 5.19 Å². The number of rotatable bonds is 8. The van der Waals surface area contributed by atoms with E-state index in [1.165, 1.54) is 0 Å². The highest BCUT2D eigenvalue weighted by Gasteiger charge is 2.43. The van der Waals surface area contributed by atoms with Crippen LogP contribution in [-0.4, -0.2) is 34.5 Å². The van der Waals surface area contributed by atoms with Crippen molar-refractivity contribution in [3.8, 4) is 0 Å². The van der Waals surface area contributed by atoms with Gasteiger partial charge in [0.15, 0.2) is 0 Å². The molecule has 0 bridgehead atoms. The van der Waals surface area contributed by atoms with Gasteiger partial charge >= 0.3 is 8.80 Å². The van der Waals surface area contributed by atoms with Gasteiger partial charge in [-0.15, -0.1) is 11.6 Å². The van der Waals surface area contributed by atoms with Crippen molar-refractivity contribution in [2.75, 3.05) is 25.7 Å². The Bertz CT molecular complexity index is 302. The lowest BCUT2D eigenvalue weighted by atomic mass is 10.4. The maximum atomic E-state index is 5.81. The Morgan fingerprint density at radius 1 is 1.00 bits per heavy atom. The summed E-state index contributed by atoms with van der Waals surface area (Å²) in [7, 11) is -2.78. The highest BCUT2D eigenvalue weighted by Crippen LogP contribution is 2.11. The minimum absolute atomic E-state index is 0.432. The summed E-state index contributed by atoms with van der Waals surface area (Å²) in [6, 6.07) is 9.83. The van der Waals surface area contributed by atoms with E-state index in [4.69, 9.17) is 24.9 Å². The van der Waals surface area contributed by atoms with E-state index in [0.29, 0.717) is 25.7 Å². The van der Waals surface area contributed by atoms with E-state index >= 15 is 0 Å². The molecule has 0 saturated carbocycles. The van der Waals surface area contributed by atoms with Crippen molar-refractivity contribution in [2.45, 2.75) is 13.8 Å². The highest BCUT2D eigenvalue weighted by atomic mass is 35.5. The van der Waals surface area contributed by atoms with Crippen LogP contribution in [0.5, 0.6) is 0 Å². The van der Waals surface area contributed by atoms with E-state index in [1.807, 2.05) is 44.2 Å². The molecule has 0 aliphatic rings. The first-order chi connectivity index (χ1) is 8.29. The van der Waals surface area contributed by atoms with Crippen LogP contribution in [0, 0.1) is 0 Å². The Hall–Kier alpha value is -0.393. The van der Waals surface area contributed by atoms with Gasteiger partial charge in [-0.1, -0.05) is 30.3 Å². The molecule has 0 aliphatic carbocycles. The van der Waals surface area contributed by atoms with Crippen molar-refractivity contribution in [1.29, 1.82) is 0 Å². The molecular formula is C12H19ClO3Si. The van der Waals surface area contributed by atoms with Gasteiger partial charge in [0.1, 0.15) is 0 Å². The first-order valence-electron chi connectivity index (χ1n) is 5.82. The van der Waals surface area contributed by atoms with Crippen LogP contribution in [0.3, 0.4) is 0 Å². The van der Waals surface area contributed by atoms with Gasteiger partial charge < -0.3 is 13.3 Å². The van der Waals surface area contributed by atoms with Crippen LogP contribution in [0.25, 0.3) is 0 Å². The van der Waals surface area contributed by atoms with Crippen LogP contribution in [-0.2, 0) is 13.3 Å². The van der Waals surface area contributed by atoms with E-state index in [9.17, 15) is 0 Å². The van der Waals surface area contributed by atoms with E-state index in [-0.39, 0.29) is 0 Å². The normalized spacial score (nSPS) is 11.7. The first kappa shape index (κ1) is 14.7. The fourth-order valence-corrected chi connectivity index (χ4v) is 4.26. The second kappa shape index (κ2) is 7.84. The molecule has 0 fully saturated rings. The molecule has 0 atom stereocenters. The summed E-state index contributed by atoms with van der Waals surface area (Å²) in [5.74, 6) is 0.432. The third-order valence-corrected chi connectivity index (χ3v) is 5.28. The van der Waals surface area contributed by atoms with Crippen LogP contribution >= 0.6 is 11.6 Å². The molecule has 17 heavy (non-hydrogen) atoms. The van der Waals surface area contributed by atoms with Crippen molar-refractivity contribution < 1.29 is 13.3 Å². The molecule has 0 aromatic heterocycles. The quantitative estimate of drug-likeness (QED) is 0.537. The predicted molar refractivity (Wildman–Crippen MR) is 71.8 cm³/mol. The topological polar surface area (TPSA) is 27.7 Å². The fraction of sp³-hybridized carbons (Fsp3) is 0.500. The monoisotopic (exact) mass is 274 g/mol. The van der Waals surface area contributed by atoms with Gasteiger partial charge in [-0.25, -0.2) is 0 Å². The van der Waals surface area contributed by atoms with Crippen molar-refractivity contribution in [1.82, 2.24) is 0 Å². The summed E-state index contributed by atoms with van der Waals surface area (Å²) in [6.07, 6.45) is 0. The number of benzene rings is 1. The van der Waals surface area contributed by atoms with Gasteiger partial charge in [0.2, 0.25) is 0 Å². The number of alkyl halides is 1. The average Bonchev–Trinajstić information content (AvgIpc) is 2.37. The van der Waals surface area contributed by atoms with Crippen molar-refractivity contribution in [2.24, 2.45) is 0 Å². The molecule has 0 spiro atoms. The van der Waals surface area contributed by atoms with Crippen LogP contribution in [0.2, 0.25) is 0 Å². The molecule has 0 heterocycles. The largest absolute Gasteiger partial charge is 0.537 e. The molecule has 3 nitrogen and oxygen atoms in total. The molecule has 96 valence electrons. The van der Waals surface area contributed by atoms with E-state index in [1.54, 1.807) is 0 Å². The van der Waals surface area contributed by atoms with Crippen molar-refractivity contribution in [3.05, 3.63) is 30.3 Å². The zero-order valence-electron chi connectivity index (χ0n) is 10.3. The zero-order valence-corrected chi connectivity index (χ0v) is 12.1. The summed E-state index contributed by atoms with van der Waals surface area (Å²) in [5, 5.41) is 0.980. The van der Waals surface area contributed by atoms with Crippen LogP contribution in [0.15, 0.2) is 30.3 Å². The number of hydrogen-bond donors (Lipinski definition) is 0. The molecule has 0 aliphatic heterocycles. The van der Waals surface area contributed by atoms with Gasteiger partial charge in [-0.05, 0) is 13.8 Å². The molecule has 0 radical (unpaired) electrons. The lowest BCUT2D eigenvalue weighted by Gasteiger charge is -2.28. The lowest BCUT2D eigenvalue weighted by molar-refractivity contribution is 0.0865. The zero-order chi connectivity index (χ0) is 12.6. The summed E-state index contributed by atoms with van der Waals surface area (Å²) < 4.78 is 17.4. The SMILES string of the molecule is CCO[Si](OCC)(OCCCl)c1ccccc1. The first-order valence-corrected chi connectivity index (χ1v) is 8.08. The highest BCUT2D eigenvalue weighted by molar-refractivity contribution is 6.75. The van der Waals surface area contributed by atoms with Crippen molar-refractivity contribution in [3.63, 3.8) is 0 Å². The minimum Gasteiger partial charge on any atom is -0.370 e. The molecule has 1 aromatic rings. The molecule has 5 heteroatoms. The van der Waals surface area contributed by atoms with E-state index in [2.05, 4.69) is 0 Å². The van der Waals surface area contributed by atoms with Gasteiger partial charge in [0.25, 0.3) is 0 Å². The third-order valence-electron chi connectivity index (χ3n) is 2.17. The van der Waals surface area contributed by atoms with Gasteiger partial charge in [0.05, 0.1) is 6.61 Å². The second-order valence-electron chi connectivity index (χ2n) is 3.33. The Labute approximate surface area is 109 Å². The molecule has 0 unspecified atom stereocenters. The lowest BCUT2D eigenvalue weighted by Crippen LogP contribution is -2.57. The van der Waals surface area contributed by atoms with Gasteiger partial charge in [0, 0.05) is 24.3 Å². The fourth-order valence-electron chi connectivity index (χ4n) is 1.57. The predicted octanol–water partition coefficient (Wildman–Crippen LogP) is 2.16. The smallest absolute Gasteiger partial charge is 0.370 e. The summed E-state index contributed by atoms with van der Waals surface area (Å²) in [4.78, 5) is 0. The Kier molecular flexibility index (Phi) is 6.77. The van der Waals surface area contributed by atoms with Gasteiger partial charge in [-0.3, -0.25) is 0 Å². The second-order valence-corrected chi connectivity index (χ2v) is 6.26. The molecule has 0 N–H and O–H groups in total. The minimum atomic E-state index is -2.78. The molecular weight excluding hydrogens is 256 g/mol. The van der Waals surface area contributed by atoms with Crippen LogP contribution in [0.1, 0.15) is 13.8 Å². The van der Waals surface area contributed by atoms with Crippen LogP contribution < -0.4 is 5.19 Å². The molecule has 0 amide bonds. The maximum Gasteiger partial charge on any atom is 0.537 e. The summed E-state index contributed by atoms with van der Waals surface area (Å²) >= 11 is 5.68. The standard InChI is InChI=1S/C12H19ClO3Si/c1-3-14-17(15-4-2,16-11-10-13)12-8-6-5-7-9-12/h5-9H,3-4,10-11H2,1-2H3. The Morgan fingerprint density at radius 2 is 1.59 bits per heavy atom. The maximum absolute atomic E-state index is 5.81.